The van der Waals surface area contributed by atoms with Crippen molar-refractivity contribution in [1.29, 1.82) is 0 Å². The zero-order chi connectivity index (χ0) is 22.1. The number of fused-ring (bicyclic) bond motifs is 1. The lowest BCUT2D eigenvalue weighted by atomic mass is 10.1. The smallest absolute Gasteiger partial charge is 0.245 e. The van der Waals surface area contributed by atoms with Crippen LogP contribution in [0.5, 0.6) is 0 Å². The van der Waals surface area contributed by atoms with Gasteiger partial charge in [0.05, 0.1) is 11.5 Å². The third-order valence-corrected chi connectivity index (χ3v) is 6.55. The van der Waals surface area contributed by atoms with Crippen LogP contribution < -0.4 is 10.2 Å². The fourth-order valence-corrected chi connectivity index (χ4v) is 4.91. The van der Waals surface area contributed by atoms with Gasteiger partial charge in [0.25, 0.3) is 0 Å². The predicted octanol–water partition coefficient (Wildman–Crippen LogP) is 4.32. The summed E-state index contributed by atoms with van der Waals surface area (Å²) in [6, 6.07) is 21.5. The van der Waals surface area contributed by atoms with Gasteiger partial charge in [-0.25, -0.2) is 18.6 Å². The van der Waals surface area contributed by atoms with Crippen LogP contribution in [-0.4, -0.2) is 20.4 Å². The first-order chi connectivity index (χ1) is 15.0. The maximum absolute atomic E-state index is 13.1. The van der Waals surface area contributed by atoms with Crippen LogP contribution in [0.4, 0.5) is 0 Å². The Labute approximate surface area is 183 Å². The standard InChI is InChI=1S/C24H28N2O4S/c1-2-3-14-21(17-24(27)25-30-18-19-10-5-4-6-11-19)26-31(28,29)23-16-9-13-20-12-7-8-15-22(20)23/h4-13,15-16,21,26H,2-3,14,17-18H2,1H3,(H,25,27)/t21-/m0/s1. The second kappa shape index (κ2) is 11.0. The topological polar surface area (TPSA) is 84.5 Å². The van der Waals surface area contributed by atoms with Crippen molar-refractivity contribution in [1.82, 2.24) is 10.2 Å². The lowest BCUT2D eigenvalue weighted by Crippen LogP contribution is -2.39. The lowest BCUT2D eigenvalue weighted by Gasteiger charge is -2.19. The lowest BCUT2D eigenvalue weighted by molar-refractivity contribution is -0.135. The molecule has 0 radical (unpaired) electrons. The molecule has 1 amide bonds. The van der Waals surface area contributed by atoms with Gasteiger partial charge in [0.2, 0.25) is 15.9 Å². The maximum Gasteiger partial charge on any atom is 0.245 e. The molecule has 3 aromatic carbocycles. The summed E-state index contributed by atoms with van der Waals surface area (Å²) in [6.07, 6.45) is 2.27. The van der Waals surface area contributed by atoms with Gasteiger partial charge in [-0.2, -0.15) is 0 Å². The minimum atomic E-state index is -3.80. The fourth-order valence-electron chi connectivity index (χ4n) is 3.41. The van der Waals surface area contributed by atoms with E-state index in [2.05, 4.69) is 10.2 Å². The molecule has 0 unspecified atom stereocenters. The van der Waals surface area contributed by atoms with Crippen LogP contribution in [0, 0.1) is 0 Å². The minimum absolute atomic E-state index is 0.00120. The number of unbranched alkanes of at least 4 members (excludes halogenated alkanes) is 1. The number of amides is 1. The van der Waals surface area contributed by atoms with Gasteiger partial charge in [0, 0.05) is 17.8 Å². The second-order valence-corrected chi connectivity index (χ2v) is 9.12. The van der Waals surface area contributed by atoms with Crippen molar-refractivity contribution in [2.45, 2.75) is 50.2 Å². The molecular weight excluding hydrogens is 412 g/mol. The van der Waals surface area contributed by atoms with Crippen LogP contribution >= 0.6 is 0 Å². The van der Waals surface area contributed by atoms with Crippen molar-refractivity contribution >= 4 is 26.7 Å². The molecule has 0 heterocycles. The van der Waals surface area contributed by atoms with Gasteiger partial charge in [0.15, 0.2) is 0 Å². The van der Waals surface area contributed by atoms with Gasteiger partial charge >= 0.3 is 0 Å². The molecule has 0 spiro atoms. The number of hydrogen-bond acceptors (Lipinski definition) is 4. The highest BCUT2D eigenvalue weighted by Crippen LogP contribution is 2.23. The summed E-state index contributed by atoms with van der Waals surface area (Å²) in [6.45, 7) is 2.27. The average Bonchev–Trinajstić information content (AvgIpc) is 2.77. The van der Waals surface area contributed by atoms with Crippen molar-refractivity contribution in [2.75, 3.05) is 0 Å². The number of carbonyl (C=O) groups is 1. The molecule has 31 heavy (non-hydrogen) atoms. The zero-order valence-corrected chi connectivity index (χ0v) is 18.4. The maximum atomic E-state index is 13.1. The molecule has 1 atom stereocenters. The molecule has 0 aliphatic carbocycles. The third-order valence-electron chi connectivity index (χ3n) is 4.97. The molecule has 0 saturated heterocycles. The van der Waals surface area contributed by atoms with Crippen molar-refractivity contribution < 1.29 is 18.0 Å². The van der Waals surface area contributed by atoms with E-state index in [1.807, 2.05) is 61.5 Å². The predicted molar refractivity (Wildman–Crippen MR) is 122 cm³/mol. The first-order valence-corrected chi connectivity index (χ1v) is 11.9. The molecule has 0 fully saturated rings. The summed E-state index contributed by atoms with van der Waals surface area (Å²) in [5, 5.41) is 1.50. The van der Waals surface area contributed by atoms with E-state index in [0.29, 0.717) is 11.8 Å². The van der Waals surface area contributed by atoms with Crippen molar-refractivity contribution in [3.63, 3.8) is 0 Å². The van der Waals surface area contributed by atoms with E-state index in [1.165, 1.54) is 0 Å². The fraction of sp³-hybridized carbons (Fsp3) is 0.292. The molecule has 2 N–H and O–H groups in total. The summed E-state index contributed by atoms with van der Waals surface area (Å²) in [4.78, 5) is 17.9. The van der Waals surface area contributed by atoms with Crippen molar-refractivity contribution in [3.8, 4) is 0 Å². The molecule has 0 saturated carbocycles. The Hall–Kier alpha value is -2.74. The van der Waals surface area contributed by atoms with Gasteiger partial charge in [-0.3, -0.25) is 9.63 Å². The Morgan fingerprint density at radius 2 is 1.68 bits per heavy atom. The van der Waals surface area contributed by atoms with E-state index in [9.17, 15) is 13.2 Å². The highest BCUT2D eigenvalue weighted by Gasteiger charge is 2.23. The van der Waals surface area contributed by atoms with Gasteiger partial charge in [-0.15, -0.1) is 0 Å². The molecule has 0 aliphatic heterocycles. The largest absolute Gasteiger partial charge is 0.273 e. The number of hydrogen-bond donors (Lipinski definition) is 2. The number of benzene rings is 3. The van der Waals surface area contributed by atoms with E-state index in [0.717, 1.165) is 23.8 Å². The molecule has 7 heteroatoms. The van der Waals surface area contributed by atoms with Gasteiger partial charge in [-0.1, -0.05) is 86.5 Å². The van der Waals surface area contributed by atoms with Gasteiger partial charge in [0.1, 0.15) is 0 Å². The zero-order valence-electron chi connectivity index (χ0n) is 17.6. The van der Waals surface area contributed by atoms with E-state index in [4.69, 9.17) is 4.84 Å². The Morgan fingerprint density at radius 3 is 2.45 bits per heavy atom. The van der Waals surface area contributed by atoms with Crippen LogP contribution in [-0.2, 0) is 26.3 Å². The molecule has 6 nitrogen and oxygen atoms in total. The van der Waals surface area contributed by atoms with Crippen LogP contribution in [0.25, 0.3) is 10.8 Å². The normalized spacial score (nSPS) is 12.5. The summed E-state index contributed by atoms with van der Waals surface area (Å²) in [5.74, 6) is -0.363. The van der Waals surface area contributed by atoms with E-state index in [1.54, 1.807) is 18.2 Å². The first kappa shape index (κ1) is 22.9. The summed E-state index contributed by atoms with van der Waals surface area (Å²) in [5.41, 5.74) is 3.35. The third kappa shape index (κ3) is 6.62. The average molecular weight is 441 g/mol. The number of rotatable bonds is 11. The number of hydroxylamine groups is 1. The van der Waals surface area contributed by atoms with E-state index >= 15 is 0 Å². The molecule has 3 aromatic rings. The Balaban J connectivity index is 1.66. The molecule has 0 bridgehead atoms. The van der Waals surface area contributed by atoms with Crippen LogP contribution in [0.15, 0.2) is 77.7 Å². The van der Waals surface area contributed by atoms with Gasteiger partial charge in [-0.05, 0) is 23.4 Å². The number of sulfonamides is 1. The minimum Gasteiger partial charge on any atom is -0.273 e. The quantitative estimate of drug-likeness (QED) is 0.435. The Morgan fingerprint density at radius 1 is 0.968 bits per heavy atom. The molecule has 0 aliphatic rings. The molecule has 164 valence electrons. The number of nitrogens with one attached hydrogen (secondary N) is 2. The monoisotopic (exact) mass is 440 g/mol. The summed E-state index contributed by atoms with van der Waals surface area (Å²) < 4.78 is 29.0. The van der Waals surface area contributed by atoms with Gasteiger partial charge < -0.3 is 0 Å². The molecular formula is C24H28N2O4S. The van der Waals surface area contributed by atoms with Crippen LogP contribution in [0.2, 0.25) is 0 Å². The summed E-state index contributed by atoms with van der Waals surface area (Å²) >= 11 is 0. The Bertz CT molecular complexity index is 1100. The highest BCUT2D eigenvalue weighted by molar-refractivity contribution is 7.89. The SMILES string of the molecule is CCCC[C@@H](CC(=O)NOCc1ccccc1)NS(=O)(=O)c1cccc2ccccc12. The highest BCUT2D eigenvalue weighted by atomic mass is 32.2. The van der Waals surface area contributed by atoms with Crippen LogP contribution in [0.3, 0.4) is 0 Å². The Kier molecular flexibility index (Phi) is 8.17. The van der Waals surface area contributed by atoms with Crippen molar-refractivity contribution in [2.24, 2.45) is 0 Å². The first-order valence-electron chi connectivity index (χ1n) is 10.4. The van der Waals surface area contributed by atoms with E-state index < -0.39 is 16.1 Å². The summed E-state index contributed by atoms with van der Waals surface area (Å²) in [7, 11) is -3.80. The number of carbonyl (C=O) groups excluding carboxylic acids is 1. The van der Waals surface area contributed by atoms with Crippen LogP contribution in [0.1, 0.15) is 38.2 Å². The van der Waals surface area contributed by atoms with E-state index in [-0.39, 0.29) is 23.8 Å². The molecule has 3 rings (SSSR count). The second-order valence-electron chi connectivity index (χ2n) is 7.44. The van der Waals surface area contributed by atoms with Crippen molar-refractivity contribution in [3.05, 3.63) is 78.4 Å². The molecule has 0 aromatic heterocycles.